The molecule has 2 aliphatic rings. The van der Waals surface area contributed by atoms with Gasteiger partial charge in [-0.2, -0.15) is 0 Å². The largest absolute Gasteiger partial charge is 0.487 e. The lowest BCUT2D eigenvalue weighted by Crippen LogP contribution is -2.38. The Labute approximate surface area is 122 Å². The SMILES string of the molecule is CCN1CC(C)Oc2ccc(CC3CCCCN3)cc21. The Morgan fingerprint density at radius 3 is 3.00 bits per heavy atom. The van der Waals surface area contributed by atoms with E-state index in [9.17, 15) is 0 Å². The fourth-order valence-electron chi connectivity index (χ4n) is 3.38. The minimum atomic E-state index is 0.285. The van der Waals surface area contributed by atoms with Crippen LogP contribution in [0.3, 0.4) is 0 Å². The molecule has 0 aromatic heterocycles. The molecule has 1 N–H and O–H groups in total. The molecule has 0 amide bonds. The van der Waals surface area contributed by atoms with Crippen molar-refractivity contribution in [2.75, 3.05) is 24.5 Å². The van der Waals surface area contributed by atoms with E-state index in [-0.39, 0.29) is 6.10 Å². The summed E-state index contributed by atoms with van der Waals surface area (Å²) in [6, 6.07) is 7.38. The molecule has 0 bridgehead atoms. The summed E-state index contributed by atoms with van der Waals surface area (Å²) in [4.78, 5) is 2.43. The molecule has 1 fully saturated rings. The average molecular weight is 274 g/mol. The van der Waals surface area contributed by atoms with Gasteiger partial charge in [0.15, 0.2) is 0 Å². The molecule has 1 aromatic carbocycles. The van der Waals surface area contributed by atoms with Gasteiger partial charge in [0.05, 0.1) is 12.2 Å². The molecule has 3 nitrogen and oxygen atoms in total. The van der Waals surface area contributed by atoms with Gasteiger partial charge < -0.3 is 15.0 Å². The van der Waals surface area contributed by atoms with Crippen molar-refractivity contribution in [2.45, 2.75) is 51.7 Å². The summed E-state index contributed by atoms with van der Waals surface area (Å²) in [5.41, 5.74) is 2.71. The quantitative estimate of drug-likeness (QED) is 0.917. The molecule has 0 saturated carbocycles. The molecule has 2 atom stereocenters. The summed E-state index contributed by atoms with van der Waals surface area (Å²) in [7, 11) is 0. The predicted molar refractivity (Wildman–Crippen MR) is 83.8 cm³/mol. The van der Waals surface area contributed by atoms with Crippen LogP contribution in [0.4, 0.5) is 5.69 Å². The molecule has 0 spiro atoms. The summed E-state index contributed by atoms with van der Waals surface area (Å²) in [6.07, 6.45) is 5.43. The van der Waals surface area contributed by atoms with Crippen LogP contribution in [0.25, 0.3) is 0 Å². The van der Waals surface area contributed by atoms with Crippen LogP contribution in [-0.2, 0) is 6.42 Å². The van der Waals surface area contributed by atoms with E-state index < -0.39 is 0 Å². The monoisotopic (exact) mass is 274 g/mol. The second-order valence-electron chi connectivity index (χ2n) is 6.12. The molecule has 2 heterocycles. The first-order valence-electron chi connectivity index (χ1n) is 8.04. The highest BCUT2D eigenvalue weighted by molar-refractivity contribution is 5.61. The minimum Gasteiger partial charge on any atom is -0.487 e. The van der Waals surface area contributed by atoms with E-state index in [1.807, 2.05) is 0 Å². The maximum absolute atomic E-state index is 5.95. The van der Waals surface area contributed by atoms with Crippen LogP contribution in [0.1, 0.15) is 38.7 Å². The molecular formula is C17H26N2O. The fourth-order valence-corrected chi connectivity index (χ4v) is 3.38. The summed E-state index contributed by atoms with van der Waals surface area (Å²) in [5, 5.41) is 3.64. The molecule has 110 valence electrons. The number of ether oxygens (including phenoxy) is 1. The lowest BCUT2D eigenvalue weighted by molar-refractivity contribution is 0.213. The predicted octanol–water partition coefficient (Wildman–Crippen LogP) is 2.98. The first kappa shape index (κ1) is 13.7. The number of fused-ring (bicyclic) bond motifs is 1. The van der Waals surface area contributed by atoms with Gasteiger partial charge in [-0.25, -0.2) is 0 Å². The third-order valence-electron chi connectivity index (χ3n) is 4.45. The van der Waals surface area contributed by atoms with Gasteiger partial charge in [-0.15, -0.1) is 0 Å². The average Bonchev–Trinajstić information content (AvgIpc) is 2.48. The van der Waals surface area contributed by atoms with E-state index in [1.54, 1.807) is 0 Å². The third kappa shape index (κ3) is 2.93. The van der Waals surface area contributed by atoms with Crippen LogP contribution < -0.4 is 15.0 Å². The summed E-state index contributed by atoms with van der Waals surface area (Å²) in [5.74, 6) is 1.05. The van der Waals surface area contributed by atoms with Gasteiger partial charge in [-0.05, 0) is 57.4 Å². The highest BCUT2D eigenvalue weighted by Crippen LogP contribution is 2.34. The van der Waals surface area contributed by atoms with Crippen molar-refractivity contribution in [1.29, 1.82) is 0 Å². The zero-order valence-corrected chi connectivity index (χ0v) is 12.7. The summed E-state index contributed by atoms with van der Waals surface area (Å²) in [6.45, 7) is 7.58. The normalized spacial score (nSPS) is 26.0. The van der Waals surface area contributed by atoms with Crippen LogP contribution in [0.15, 0.2) is 18.2 Å². The van der Waals surface area contributed by atoms with Gasteiger partial charge in [-0.1, -0.05) is 12.5 Å². The number of benzene rings is 1. The van der Waals surface area contributed by atoms with Crippen LogP contribution in [0.5, 0.6) is 5.75 Å². The standard InChI is InChI=1S/C17H26N2O/c1-3-19-12-13(2)20-17-8-7-14(11-16(17)19)10-15-6-4-5-9-18-15/h7-8,11,13,15,18H,3-6,9-10,12H2,1-2H3. The molecule has 2 aliphatic heterocycles. The van der Waals surface area contributed by atoms with E-state index >= 15 is 0 Å². The van der Waals surface area contributed by atoms with Crippen molar-refractivity contribution in [3.05, 3.63) is 23.8 Å². The van der Waals surface area contributed by atoms with Gasteiger partial charge in [0.2, 0.25) is 0 Å². The van der Waals surface area contributed by atoms with Gasteiger partial charge in [0.25, 0.3) is 0 Å². The molecule has 1 aromatic rings. The number of anilines is 1. The van der Waals surface area contributed by atoms with Crippen molar-refractivity contribution in [1.82, 2.24) is 5.32 Å². The van der Waals surface area contributed by atoms with Crippen molar-refractivity contribution >= 4 is 5.69 Å². The number of rotatable bonds is 3. The number of likely N-dealkylation sites (N-methyl/N-ethyl adjacent to an activating group) is 1. The Morgan fingerprint density at radius 2 is 2.25 bits per heavy atom. The maximum atomic E-state index is 5.95. The lowest BCUT2D eigenvalue weighted by Gasteiger charge is -2.34. The lowest BCUT2D eigenvalue weighted by atomic mass is 9.97. The number of nitrogens with one attached hydrogen (secondary N) is 1. The Hall–Kier alpha value is -1.22. The first-order chi connectivity index (χ1) is 9.76. The van der Waals surface area contributed by atoms with Gasteiger partial charge in [-0.3, -0.25) is 0 Å². The summed E-state index contributed by atoms with van der Waals surface area (Å²) >= 11 is 0. The second-order valence-corrected chi connectivity index (χ2v) is 6.12. The highest BCUT2D eigenvalue weighted by atomic mass is 16.5. The molecule has 3 rings (SSSR count). The molecular weight excluding hydrogens is 248 g/mol. The van der Waals surface area contributed by atoms with Crippen LogP contribution >= 0.6 is 0 Å². The maximum Gasteiger partial charge on any atom is 0.143 e. The second kappa shape index (κ2) is 6.04. The molecule has 20 heavy (non-hydrogen) atoms. The van der Waals surface area contributed by atoms with Crippen molar-refractivity contribution in [3.8, 4) is 5.75 Å². The first-order valence-corrected chi connectivity index (χ1v) is 8.04. The van der Waals surface area contributed by atoms with Crippen LogP contribution in [0, 0.1) is 0 Å². The Balaban J connectivity index is 1.77. The number of hydrogen-bond donors (Lipinski definition) is 1. The molecule has 2 unspecified atom stereocenters. The van der Waals surface area contributed by atoms with Crippen molar-refractivity contribution < 1.29 is 4.74 Å². The van der Waals surface area contributed by atoms with Gasteiger partial charge >= 0.3 is 0 Å². The van der Waals surface area contributed by atoms with Gasteiger partial charge in [0, 0.05) is 12.6 Å². The molecule has 0 radical (unpaired) electrons. The van der Waals surface area contributed by atoms with E-state index in [0.29, 0.717) is 6.04 Å². The molecule has 3 heteroatoms. The van der Waals surface area contributed by atoms with Crippen LogP contribution in [0.2, 0.25) is 0 Å². The zero-order valence-electron chi connectivity index (χ0n) is 12.7. The Morgan fingerprint density at radius 1 is 1.35 bits per heavy atom. The minimum absolute atomic E-state index is 0.285. The Bertz CT molecular complexity index is 454. The van der Waals surface area contributed by atoms with Crippen molar-refractivity contribution in [3.63, 3.8) is 0 Å². The number of hydrogen-bond acceptors (Lipinski definition) is 3. The zero-order chi connectivity index (χ0) is 13.9. The van der Waals surface area contributed by atoms with Crippen LogP contribution in [-0.4, -0.2) is 31.8 Å². The topological polar surface area (TPSA) is 24.5 Å². The number of piperidine rings is 1. The highest BCUT2D eigenvalue weighted by Gasteiger charge is 2.22. The van der Waals surface area contributed by atoms with Gasteiger partial charge in [0.1, 0.15) is 11.9 Å². The van der Waals surface area contributed by atoms with E-state index in [1.165, 1.54) is 37.1 Å². The van der Waals surface area contributed by atoms with E-state index in [0.717, 1.165) is 25.3 Å². The molecule has 0 aliphatic carbocycles. The smallest absolute Gasteiger partial charge is 0.143 e. The van der Waals surface area contributed by atoms with E-state index in [2.05, 4.69) is 42.3 Å². The fraction of sp³-hybridized carbons (Fsp3) is 0.647. The number of nitrogens with zero attached hydrogens (tertiary/aromatic N) is 1. The molecule has 1 saturated heterocycles. The van der Waals surface area contributed by atoms with E-state index in [4.69, 9.17) is 4.74 Å². The van der Waals surface area contributed by atoms with Crippen molar-refractivity contribution in [2.24, 2.45) is 0 Å². The third-order valence-corrected chi connectivity index (χ3v) is 4.45. The summed E-state index contributed by atoms with van der Waals surface area (Å²) < 4.78 is 5.95. The Kier molecular flexibility index (Phi) is 4.16.